The highest BCUT2D eigenvalue weighted by Crippen LogP contribution is 2.22. The van der Waals surface area contributed by atoms with E-state index in [2.05, 4.69) is 14.4 Å². The van der Waals surface area contributed by atoms with Gasteiger partial charge in [-0.15, -0.1) is 0 Å². The molecule has 0 aliphatic rings. The number of nitrogens with zero attached hydrogens (tertiary/aromatic N) is 1. The zero-order chi connectivity index (χ0) is 15.7. The Bertz CT molecular complexity index is 779. The van der Waals surface area contributed by atoms with E-state index < -0.39 is 21.5 Å². The summed E-state index contributed by atoms with van der Waals surface area (Å²) in [6.07, 6.45) is 1.52. The lowest BCUT2D eigenvalue weighted by molar-refractivity contribution is -0.146. The van der Waals surface area contributed by atoms with E-state index in [1.165, 1.54) is 33.2 Å². The second kappa shape index (κ2) is 5.42. The number of carbonyl (C=O) groups is 1. The molecule has 1 aromatic carbocycles. The zero-order valence-electron chi connectivity index (χ0n) is 12.0. The molecular formula is C14H16N2O4S. The molecule has 6 nitrogen and oxygen atoms in total. The fourth-order valence-corrected chi connectivity index (χ4v) is 3.53. The number of fused-ring (bicyclic) bond motifs is 1. The maximum absolute atomic E-state index is 12.5. The molecule has 0 aliphatic heterocycles. The fourth-order valence-electron chi connectivity index (χ4n) is 1.98. The Morgan fingerprint density at radius 1 is 1.24 bits per heavy atom. The second-order valence-corrected chi connectivity index (χ2v) is 6.70. The van der Waals surface area contributed by atoms with Gasteiger partial charge in [0.15, 0.2) is 0 Å². The molecule has 0 spiro atoms. The Balaban J connectivity index is 2.51. The van der Waals surface area contributed by atoms with Crippen molar-refractivity contribution in [3.63, 3.8) is 0 Å². The van der Waals surface area contributed by atoms with E-state index in [-0.39, 0.29) is 4.90 Å². The quantitative estimate of drug-likeness (QED) is 0.864. The number of sulfonamides is 1. The Morgan fingerprint density at radius 2 is 1.90 bits per heavy atom. The standard InChI is InChI=1S/C14H16N2O4S/c1-14(2,13(17)20-3)16-21(18,19)11-8-4-6-10-7-5-9-15-12(10)11/h4-9,16H,1-3H3. The number of carbonyl (C=O) groups excluding carboxylic acids is 1. The van der Waals surface area contributed by atoms with Crippen LogP contribution in [0.15, 0.2) is 41.4 Å². The minimum atomic E-state index is -3.91. The van der Waals surface area contributed by atoms with Crippen LogP contribution in [0, 0.1) is 0 Å². The summed E-state index contributed by atoms with van der Waals surface area (Å²) in [6.45, 7) is 2.88. The number of esters is 1. The Kier molecular flexibility index (Phi) is 3.97. The lowest BCUT2D eigenvalue weighted by atomic mass is 10.1. The van der Waals surface area contributed by atoms with Crippen LogP contribution >= 0.6 is 0 Å². The first-order valence-corrected chi connectivity index (χ1v) is 7.72. The predicted molar refractivity (Wildman–Crippen MR) is 78.2 cm³/mol. The molecule has 0 atom stereocenters. The van der Waals surface area contributed by atoms with Gasteiger partial charge >= 0.3 is 5.97 Å². The van der Waals surface area contributed by atoms with Crippen LogP contribution in [0.5, 0.6) is 0 Å². The molecule has 21 heavy (non-hydrogen) atoms. The van der Waals surface area contributed by atoms with Crippen LogP contribution in [0.4, 0.5) is 0 Å². The van der Waals surface area contributed by atoms with Crippen LogP contribution in [0.3, 0.4) is 0 Å². The average Bonchev–Trinajstić information content (AvgIpc) is 2.44. The average molecular weight is 308 g/mol. The minimum absolute atomic E-state index is 0.0255. The third-order valence-electron chi connectivity index (χ3n) is 2.97. The maximum Gasteiger partial charge on any atom is 0.326 e. The van der Waals surface area contributed by atoms with Crippen LogP contribution < -0.4 is 4.72 Å². The lowest BCUT2D eigenvalue weighted by Gasteiger charge is -2.23. The van der Waals surface area contributed by atoms with Gasteiger partial charge < -0.3 is 4.74 Å². The van der Waals surface area contributed by atoms with E-state index in [9.17, 15) is 13.2 Å². The van der Waals surface area contributed by atoms with Crippen molar-refractivity contribution in [3.05, 3.63) is 36.5 Å². The van der Waals surface area contributed by atoms with Gasteiger partial charge in [-0.05, 0) is 26.0 Å². The number of hydrogen-bond donors (Lipinski definition) is 1. The van der Waals surface area contributed by atoms with Gasteiger partial charge in [-0.2, -0.15) is 4.72 Å². The Hall–Kier alpha value is -1.99. The molecule has 112 valence electrons. The number of methoxy groups -OCH3 is 1. The van der Waals surface area contributed by atoms with Crippen LogP contribution in [0.1, 0.15) is 13.8 Å². The highest BCUT2D eigenvalue weighted by Gasteiger charge is 2.34. The number of rotatable bonds is 4. The smallest absolute Gasteiger partial charge is 0.326 e. The van der Waals surface area contributed by atoms with Crippen LogP contribution in [0.25, 0.3) is 10.9 Å². The van der Waals surface area contributed by atoms with Gasteiger partial charge in [0.05, 0.1) is 12.6 Å². The van der Waals surface area contributed by atoms with Crippen LogP contribution in [0.2, 0.25) is 0 Å². The molecule has 7 heteroatoms. The molecule has 0 saturated carbocycles. The van der Waals surface area contributed by atoms with Crippen molar-refractivity contribution >= 4 is 26.9 Å². The van der Waals surface area contributed by atoms with Crippen molar-refractivity contribution < 1.29 is 17.9 Å². The van der Waals surface area contributed by atoms with Gasteiger partial charge in [0, 0.05) is 11.6 Å². The number of pyridine rings is 1. The second-order valence-electron chi connectivity index (χ2n) is 5.05. The molecule has 2 rings (SSSR count). The Labute approximate surface area is 123 Å². The third-order valence-corrected chi connectivity index (χ3v) is 4.66. The lowest BCUT2D eigenvalue weighted by Crippen LogP contribution is -2.50. The summed E-state index contributed by atoms with van der Waals surface area (Å²) in [5.41, 5.74) is -1.02. The Morgan fingerprint density at radius 3 is 2.57 bits per heavy atom. The van der Waals surface area contributed by atoms with Gasteiger partial charge in [-0.3, -0.25) is 9.78 Å². The molecule has 1 aromatic heterocycles. The van der Waals surface area contributed by atoms with Crippen molar-refractivity contribution in [2.75, 3.05) is 7.11 Å². The molecule has 0 aliphatic carbocycles. The van der Waals surface area contributed by atoms with Crippen molar-refractivity contribution in [1.29, 1.82) is 0 Å². The van der Waals surface area contributed by atoms with Gasteiger partial charge in [-0.1, -0.05) is 18.2 Å². The topological polar surface area (TPSA) is 85.4 Å². The normalized spacial score (nSPS) is 12.3. The number of nitrogens with one attached hydrogen (secondary N) is 1. The number of aromatic nitrogens is 1. The third kappa shape index (κ3) is 3.03. The first-order valence-electron chi connectivity index (χ1n) is 6.24. The van der Waals surface area contributed by atoms with Gasteiger partial charge in [0.2, 0.25) is 10.0 Å². The predicted octanol–water partition coefficient (Wildman–Crippen LogP) is 1.46. The summed E-state index contributed by atoms with van der Waals surface area (Å²) in [5.74, 6) is -0.667. The molecular weight excluding hydrogens is 292 g/mol. The summed E-state index contributed by atoms with van der Waals surface area (Å²) in [7, 11) is -2.71. The van der Waals surface area contributed by atoms with Gasteiger partial charge in [0.25, 0.3) is 0 Å². The summed E-state index contributed by atoms with van der Waals surface area (Å²) in [6, 6.07) is 8.35. The van der Waals surface area contributed by atoms with Crippen LogP contribution in [-0.2, 0) is 19.6 Å². The van der Waals surface area contributed by atoms with Crippen molar-refractivity contribution in [2.24, 2.45) is 0 Å². The molecule has 0 radical (unpaired) electrons. The molecule has 0 saturated heterocycles. The summed E-state index contributed by atoms with van der Waals surface area (Å²) in [4.78, 5) is 15.8. The van der Waals surface area contributed by atoms with Crippen LogP contribution in [-0.4, -0.2) is 32.0 Å². The van der Waals surface area contributed by atoms with E-state index >= 15 is 0 Å². The molecule has 1 N–H and O–H groups in total. The monoisotopic (exact) mass is 308 g/mol. The number of para-hydroxylation sites is 1. The van der Waals surface area contributed by atoms with E-state index in [1.54, 1.807) is 24.3 Å². The fraction of sp³-hybridized carbons (Fsp3) is 0.286. The molecule has 0 unspecified atom stereocenters. The number of benzene rings is 1. The summed E-state index contributed by atoms with van der Waals surface area (Å²) >= 11 is 0. The first kappa shape index (κ1) is 15.4. The highest BCUT2D eigenvalue weighted by molar-refractivity contribution is 7.89. The molecule has 0 fully saturated rings. The molecule has 1 heterocycles. The number of hydrogen-bond acceptors (Lipinski definition) is 5. The minimum Gasteiger partial charge on any atom is -0.468 e. The van der Waals surface area contributed by atoms with Gasteiger partial charge in [-0.25, -0.2) is 8.42 Å². The van der Waals surface area contributed by atoms with Gasteiger partial charge in [0.1, 0.15) is 10.4 Å². The largest absolute Gasteiger partial charge is 0.468 e. The first-order chi connectivity index (χ1) is 9.78. The molecule has 0 amide bonds. The molecule has 2 aromatic rings. The van der Waals surface area contributed by atoms with E-state index in [1.807, 2.05) is 0 Å². The van der Waals surface area contributed by atoms with E-state index in [0.717, 1.165) is 0 Å². The summed E-state index contributed by atoms with van der Waals surface area (Å²) in [5, 5.41) is 0.705. The maximum atomic E-state index is 12.5. The van der Waals surface area contributed by atoms with Crippen molar-refractivity contribution in [3.8, 4) is 0 Å². The highest BCUT2D eigenvalue weighted by atomic mass is 32.2. The van der Waals surface area contributed by atoms with Crippen molar-refractivity contribution in [1.82, 2.24) is 9.71 Å². The van der Waals surface area contributed by atoms with E-state index in [0.29, 0.717) is 10.9 Å². The van der Waals surface area contributed by atoms with Crippen molar-refractivity contribution in [2.45, 2.75) is 24.3 Å². The summed E-state index contributed by atoms with van der Waals surface area (Å²) < 4.78 is 32.0. The zero-order valence-corrected chi connectivity index (χ0v) is 12.8. The molecule has 0 bridgehead atoms. The van der Waals surface area contributed by atoms with E-state index in [4.69, 9.17) is 0 Å². The SMILES string of the molecule is COC(=O)C(C)(C)NS(=O)(=O)c1cccc2cccnc12. The number of ether oxygens (including phenoxy) is 1.